The lowest BCUT2D eigenvalue weighted by Crippen LogP contribution is -2.02. The Bertz CT molecular complexity index is 610. The summed E-state index contributed by atoms with van der Waals surface area (Å²) in [5.41, 5.74) is 0.222. The van der Waals surface area contributed by atoms with Crippen molar-refractivity contribution in [2.75, 3.05) is 0 Å². The van der Waals surface area contributed by atoms with E-state index in [0.29, 0.717) is 11.3 Å². The summed E-state index contributed by atoms with van der Waals surface area (Å²) >= 11 is 0. The first kappa shape index (κ1) is 14.0. The minimum Gasteiger partial charge on any atom is -0.486 e. The summed E-state index contributed by atoms with van der Waals surface area (Å²) in [6, 6.07) is 3.93. The van der Waals surface area contributed by atoms with Crippen molar-refractivity contribution in [2.45, 2.75) is 26.5 Å². The van der Waals surface area contributed by atoms with Gasteiger partial charge < -0.3 is 9.84 Å². The molecule has 2 aromatic rings. The van der Waals surface area contributed by atoms with Crippen LogP contribution in [-0.2, 0) is 13.2 Å². The highest BCUT2D eigenvalue weighted by Gasteiger charge is 2.10. The standard InChI is InChI=1S/C14H15FN2O3/c1-2-5-17-8-11(7-16-17)20-9-10-3-4-12(14(18)19)13(15)6-10/h3-4,6-8H,2,5,9H2,1H3,(H,18,19). The van der Waals surface area contributed by atoms with Gasteiger partial charge in [0.15, 0.2) is 5.75 Å². The van der Waals surface area contributed by atoms with Gasteiger partial charge in [-0.1, -0.05) is 13.0 Å². The second-order valence-electron chi connectivity index (χ2n) is 4.35. The summed E-state index contributed by atoms with van der Waals surface area (Å²) in [6.45, 7) is 3.02. The lowest BCUT2D eigenvalue weighted by atomic mass is 10.1. The van der Waals surface area contributed by atoms with E-state index in [4.69, 9.17) is 9.84 Å². The van der Waals surface area contributed by atoms with E-state index >= 15 is 0 Å². The molecule has 0 amide bonds. The maximum absolute atomic E-state index is 13.5. The Hall–Kier alpha value is -2.37. The van der Waals surface area contributed by atoms with Crippen LogP contribution in [0.5, 0.6) is 5.75 Å². The molecular formula is C14H15FN2O3. The van der Waals surface area contributed by atoms with Gasteiger partial charge in [0, 0.05) is 6.54 Å². The minimum absolute atomic E-state index is 0.161. The number of benzene rings is 1. The molecule has 1 aromatic heterocycles. The van der Waals surface area contributed by atoms with Crippen LogP contribution in [-0.4, -0.2) is 20.9 Å². The van der Waals surface area contributed by atoms with E-state index in [2.05, 4.69) is 12.0 Å². The molecule has 1 aromatic carbocycles. The van der Waals surface area contributed by atoms with Gasteiger partial charge in [-0.25, -0.2) is 9.18 Å². The predicted molar refractivity (Wildman–Crippen MR) is 70.2 cm³/mol. The Morgan fingerprint density at radius 3 is 2.95 bits per heavy atom. The van der Waals surface area contributed by atoms with Gasteiger partial charge in [-0.2, -0.15) is 5.10 Å². The molecule has 0 unspecified atom stereocenters. The van der Waals surface area contributed by atoms with Gasteiger partial charge >= 0.3 is 5.97 Å². The Morgan fingerprint density at radius 2 is 2.30 bits per heavy atom. The first-order valence-electron chi connectivity index (χ1n) is 6.27. The molecule has 20 heavy (non-hydrogen) atoms. The summed E-state index contributed by atoms with van der Waals surface area (Å²) in [5, 5.41) is 12.8. The molecular weight excluding hydrogens is 263 g/mol. The van der Waals surface area contributed by atoms with Crippen LogP contribution < -0.4 is 4.74 Å². The lowest BCUT2D eigenvalue weighted by molar-refractivity contribution is 0.0692. The number of aromatic carboxylic acids is 1. The highest BCUT2D eigenvalue weighted by atomic mass is 19.1. The van der Waals surface area contributed by atoms with Gasteiger partial charge in [0.25, 0.3) is 0 Å². The van der Waals surface area contributed by atoms with Gasteiger partial charge in [-0.3, -0.25) is 4.68 Å². The number of ether oxygens (including phenoxy) is 1. The molecule has 0 aliphatic rings. The molecule has 106 valence electrons. The number of hydrogen-bond donors (Lipinski definition) is 1. The number of aromatic nitrogens is 2. The monoisotopic (exact) mass is 278 g/mol. The van der Waals surface area contributed by atoms with E-state index in [-0.39, 0.29) is 12.2 Å². The fraction of sp³-hybridized carbons (Fsp3) is 0.286. The number of hydrogen-bond acceptors (Lipinski definition) is 3. The average molecular weight is 278 g/mol. The van der Waals surface area contributed by atoms with Crippen molar-refractivity contribution < 1.29 is 19.0 Å². The Morgan fingerprint density at radius 1 is 1.50 bits per heavy atom. The molecule has 0 aliphatic carbocycles. The van der Waals surface area contributed by atoms with Gasteiger partial charge in [0.1, 0.15) is 12.4 Å². The largest absolute Gasteiger partial charge is 0.486 e. The number of carboxylic acids is 1. The smallest absolute Gasteiger partial charge is 0.338 e. The number of carboxylic acid groups (broad SMARTS) is 1. The van der Waals surface area contributed by atoms with Gasteiger partial charge in [0.2, 0.25) is 0 Å². The molecule has 0 saturated heterocycles. The second-order valence-corrected chi connectivity index (χ2v) is 4.35. The quantitative estimate of drug-likeness (QED) is 0.882. The maximum Gasteiger partial charge on any atom is 0.338 e. The highest BCUT2D eigenvalue weighted by molar-refractivity contribution is 5.87. The van der Waals surface area contributed by atoms with Crippen molar-refractivity contribution >= 4 is 5.97 Å². The van der Waals surface area contributed by atoms with Gasteiger partial charge in [0.05, 0.1) is 18.0 Å². The summed E-state index contributed by atoms with van der Waals surface area (Å²) in [4.78, 5) is 10.7. The zero-order valence-corrected chi connectivity index (χ0v) is 11.0. The molecule has 0 radical (unpaired) electrons. The molecule has 1 N–H and O–H groups in total. The van der Waals surface area contributed by atoms with E-state index in [1.807, 2.05) is 0 Å². The van der Waals surface area contributed by atoms with E-state index in [0.717, 1.165) is 13.0 Å². The summed E-state index contributed by atoms with van der Waals surface area (Å²) in [7, 11) is 0. The predicted octanol–water partition coefficient (Wildman–Crippen LogP) is 2.71. The van der Waals surface area contributed by atoms with Crippen LogP contribution >= 0.6 is 0 Å². The molecule has 0 fully saturated rings. The van der Waals surface area contributed by atoms with Crippen LogP contribution in [0.2, 0.25) is 0 Å². The van der Waals surface area contributed by atoms with Gasteiger partial charge in [-0.05, 0) is 24.1 Å². The van der Waals surface area contributed by atoms with Crippen molar-refractivity contribution in [2.24, 2.45) is 0 Å². The van der Waals surface area contributed by atoms with E-state index < -0.39 is 11.8 Å². The van der Waals surface area contributed by atoms with Crippen LogP contribution in [0.25, 0.3) is 0 Å². The molecule has 6 heteroatoms. The number of aryl methyl sites for hydroxylation is 1. The third-order valence-electron chi connectivity index (χ3n) is 2.73. The Kier molecular flexibility index (Phi) is 4.34. The van der Waals surface area contributed by atoms with Crippen molar-refractivity contribution in [3.8, 4) is 5.75 Å². The van der Waals surface area contributed by atoms with Crippen LogP contribution in [0.3, 0.4) is 0 Å². The normalized spacial score (nSPS) is 10.5. The third-order valence-corrected chi connectivity index (χ3v) is 2.73. The fourth-order valence-electron chi connectivity index (χ4n) is 1.76. The summed E-state index contributed by atoms with van der Waals surface area (Å²) in [6.07, 6.45) is 4.34. The number of rotatable bonds is 6. The van der Waals surface area contributed by atoms with E-state index in [1.54, 1.807) is 17.1 Å². The molecule has 2 rings (SSSR count). The van der Waals surface area contributed by atoms with Crippen molar-refractivity contribution in [1.82, 2.24) is 9.78 Å². The van der Waals surface area contributed by atoms with Crippen molar-refractivity contribution in [3.05, 3.63) is 47.5 Å². The van der Waals surface area contributed by atoms with Crippen molar-refractivity contribution in [3.63, 3.8) is 0 Å². The molecule has 0 saturated carbocycles. The second kappa shape index (κ2) is 6.18. The Labute approximate surface area is 115 Å². The number of halogens is 1. The molecule has 0 bridgehead atoms. The van der Waals surface area contributed by atoms with Crippen molar-refractivity contribution in [1.29, 1.82) is 0 Å². The lowest BCUT2D eigenvalue weighted by Gasteiger charge is -2.05. The number of carbonyl (C=O) groups is 1. The molecule has 0 spiro atoms. The zero-order chi connectivity index (χ0) is 14.5. The van der Waals surface area contributed by atoms with Crippen LogP contribution in [0, 0.1) is 5.82 Å². The van der Waals surface area contributed by atoms with Crippen LogP contribution in [0.4, 0.5) is 4.39 Å². The van der Waals surface area contributed by atoms with E-state index in [1.165, 1.54) is 18.2 Å². The Balaban J connectivity index is 1.99. The average Bonchev–Trinajstić information content (AvgIpc) is 2.84. The first-order valence-corrected chi connectivity index (χ1v) is 6.27. The SMILES string of the molecule is CCCn1cc(OCc2ccc(C(=O)O)c(F)c2)cn1. The summed E-state index contributed by atoms with van der Waals surface area (Å²) in [5.74, 6) is -1.45. The topological polar surface area (TPSA) is 64.3 Å². The third kappa shape index (κ3) is 3.34. The zero-order valence-electron chi connectivity index (χ0n) is 11.0. The minimum atomic E-state index is -1.28. The highest BCUT2D eigenvalue weighted by Crippen LogP contribution is 2.14. The molecule has 0 atom stereocenters. The molecule has 1 heterocycles. The molecule has 0 aliphatic heterocycles. The molecule has 5 nitrogen and oxygen atoms in total. The van der Waals surface area contributed by atoms with Crippen LogP contribution in [0.15, 0.2) is 30.6 Å². The summed E-state index contributed by atoms with van der Waals surface area (Å²) < 4.78 is 20.7. The fourth-order valence-corrected chi connectivity index (χ4v) is 1.76. The van der Waals surface area contributed by atoms with Crippen LogP contribution in [0.1, 0.15) is 29.3 Å². The number of nitrogens with zero attached hydrogens (tertiary/aromatic N) is 2. The first-order chi connectivity index (χ1) is 9.60. The van der Waals surface area contributed by atoms with Gasteiger partial charge in [-0.15, -0.1) is 0 Å². The van der Waals surface area contributed by atoms with E-state index in [9.17, 15) is 9.18 Å². The maximum atomic E-state index is 13.5.